The zero-order valence-electron chi connectivity index (χ0n) is 13.4. The standard InChI is InChI=1S/C16H21ClN4O/c1-11-15(12(2)21(4)19-11)9-20(3)10-16(22)18-14-7-5-13(17)6-8-14/h5-8H,9-10H2,1-4H3,(H,18,22). The zero-order valence-corrected chi connectivity index (χ0v) is 14.1. The van der Waals surface area contributed by atoms with Crippen molar-refractivity contribution in [2.24, 2.45) is 7.05 Å². The van der Waals surface area contributed by atoms with Gasteiger partial charge in [-0.05, 0) is 45.2 Å². The monoisotopic (exact) mass is 320 g/mol. The van der Waals surface area contributed by atoms with Gasteiger partial charge in [0.15, 0.2) is 0 Å². The van der Waals surface area contributed by atoms with E-state index in [0.717, 1.165) is 17.1 Å². The maximum absolute atomic E-state index is 12.1. The number of anilines is 1. The van der Waals surface area contributed by atoms with Crippen molar-refractivity contribution in [2.75, 3.05) is 18.9 Å². The van der Waals surface area contributed by atoms with Crippen LogP contribution >= 0.6 is 11.6 Å². The van der Waals surface area contributed by atoms with E-state index in [9.17, 15) is 4.79 Å². The van der Waals surface area contributed by atoms with Gasteiger partial charge in [-0.25, -0.2) is 0 Å². The minimum absolute atomic E-state index is 0.0518. The van der Waals surface area contributed by atoms with Gasteiger partial charge in [-0.15, -0.1) is 0 Å². The third-order valence-corrected chi connectivity index (χ3v) is 3.88. The van der Waals surface area contributed by atoms with Crippen molar-refractivity contribution in [1.29, 1.82) is 0 Å². The Morgan fingerprint density at radius 1 is 1.32 bits per heavy atom. The molecular formula is C16H21ClN4O. The molecular weight excluding hydrogens is 300 g/mol. The number of halogens is 1. The predicted octanol–water partition coefficient (Wildman–Crippen LogP) is 2.76. The molecule has 0 unspecified atom stereocenters. The van der Waals surface area contributed by atoms with Gasteiger partial charge in [0.25, 0.3) is 0 Å². The summed E-state index contributed by atoms with van der Waals surface area (Å²) in [7, 11) is 3.85. The highest BCUT2D eigenvalue weighted by Gasteiger charge is 2.13. The second kappa shape index (κ2) is 6.94. The summed E-state index contributed by atoms with van der Waals surface area (Å²) >= 11 is 5.83. The van der Waals surface area contributed by atoms with E-state index in [-0.39, 0.29) is 5.91 Å². The second-order valence-electron chi connectivity index (χ2n) is 5.50. The van der Waals surface area contributed by atoms with Crippen molar-refractivity contribution >= 4 is 23.2 Å². The van der Waals surface area contributed by atoms with Crippen molar-refractivity contribution in [3.8, 4) is 0 Å². The molecule has 0 aliphatic carbocycles. The van der Waals surface area contributed by atoms with Gasteiger partial charge >= 0.3 is 0 Å². The molecule has 2 rings (SSSR count). The van der Waals surface area contributed by atoms with Gasteiger partial charge in [0.1, 0.15) is 0 Å². The van der Waals surface area contributed by atoms with Crippen LogP contribution in [-0.2, 0) is 18.4 Å². The van der Waals surface area contributed by atoms with Crippen molar-refractivity contribution in [1.82, 2.24) is 14.7 Å². The van der Waals surface area contributed by atoms with Gasteiger partial charge in [-0.2, -0.15) is 5.10 Å². The van der Waals surface area contributed by atoms with Crippen molar-refractivity contribution in [3.05, 3.63) is 46.2 Å². The van der Waals surface area contributed by atoms with E-state index < -0.39 is 0 Å². The Balaban J connectivity index is 1.92. The number of likely N-dealkylation sites (N-methyl/N-ethyl adjacent to an activating group) is 1. The Kier molecular flexibility index (Phi) is 5.21. The van der Waals surface area contributed by atoms with Crippen LogP contribution in [0, 0.1) is 13.8 Å². The first-order chi connectivity index (χ1) is 10.4. The Hall–Kier alpha value is -1.85. The maximum atomic E-state index is 12.1. The fourth-order valence-corrected chi connectivity index (χ4v) is 2.48. The first-order valence-electron chi connectivity index (χ1n) is 7.10. The number of carbonyl (C=O) groups is 1. The largest absolute Gasteiger partial charge is 0.325 e. The lowest BCUT2D eigenvalue weighted by atomic mass is 10.2. The molecule has 0 saturated heterocycles. The van der Waals surface area contributed by atoms with Crippen LogP contribution in [0.4, 0.5) is 5.69 Å². The lowest BCUT2D eigenvalue weighted by molar-refractivity contribution is -0.117. The fourth-order valence-electron chi connectivity index (χ4n) is 2.35. The van der Waals surface area contributed by atoms with E-state index >= 15 is 0 Å². The molecule has 22 heavy (non-hydrogen) atoms. The average Bonchev–Trinajstić information content (AvgIpc) is 2.68. The molecule has 0 radical (unpaired) electrons. The zero-order chi connectivity index (χ0) is 16.3. The van der Waals surface area contributed by atoms with Crippen LogP contribution in [0.25, 0.3) is 0 Å². The van der Waals surface area contributed by atoms with Gasteiger partial charge in [0.05, 0.1) is 12.2 Å². The van der Waals surface area contributed by atoms with Crippen LogP contribution in [-0.4, -0.2) is 34.2 Å². The van der Waals surface area contributed by atoms with E-state index in [1.54, 1.807) is 24.3 Å². The smallest absolute Gasteiger partial charge is 0.238 e. The van der Waals surface area contributed by atoms with Crippen LogP contribution in [0.15, 0.2) is 24.3 Å². The average molecular weight is 321 g/mol. The predicted molar refractivity (Wildman–Crippen MR) is 89.1 cm³/mol. The van der Waals surface area contributed by atoms with Crippen molar-refractivity contribution < 1.29 is 4.79 Å². The van der Waals surface area contributed by atoms with Gasteiger partial charge < -0.3 is 5.32 Å². The fraction of sp³-hybridized carbons (Fsp3) is 0.375. The first-order valence-corrected chi connectivity index (χ1v) is 7.47. The topological polar surface area (TPSA) is 50.2 Å². The molecule has 6 heteroatoms. The van der Waals surface area contributed by atoms with E-state index in [0.29, 0.717) is 18.1 Å². The summed E-state index contributed by atoms with van der Waals surface area (Å²) in [6.45, 7) is 5.04. The molecule has 2 aromatic rings. The summed E-state index contributed by atoms with van der Waals surface area (Å²) < 4.78 is 1.87. The molecule has 0 atom stereocenters. The van der Waals surface area contributed by atoms with E-state index in [2.05, 4.69) is 10.4 Å². The second-order valence-corrected chi connectivity index (χ2v) is 5.94. The summed E-state index contributed by atoms with van der Waals surface area (Å²) in [4.78, 5) is 14.0. The van der Waals surface area contributed by atoms with Crippen LogP contribution in [0.3, 0.4) is 0 Å². The lowest BCUT2D eigenvalue weighted by Crippen LogP contribution is -2.30. The number of aryl methyl sites for hydroxylation is 2. The SMILES string of the molecule is Cc1nn(C)c(C)c1CN(C)CC(=O)Nc1ccc(Cl)cc1. The van der Waals surface area contributed by atoms with Crippen LogP contribution < -0.4 is 5.32 Å². The Morgan fingerprint density at radius 3 is 2.50 bits per heavy atom. The number of nitrogens with one attached hydrogen (secondary N) is 1. The van der Waals surface area contributed by atoms with Gasteiger partial charge in [0.2, 0.25) is 5.91 Å². The van der Waals surface area contributed by atoms with E-state index in [1.165, 1.54) is 5.56 Å². The lowest BCUT2D eigenvalue weighted by Gasteiger charge is -2.16. The van der Waals surface area contributed by atoms with Crippen LogP contribution in [0.5, 0.6) is 0 Å². The highest BCUT2D eigenvalue weighted by molar-refractivity contribution is 6.30. The van der Waals surface area contributed by atoms with Crippen LogP contribution in [0.2, 0.25) is 5.02 Å². The molecule has 1 amide bonds. The molecule has 1 aromatic heterocycles. The molecule has 5 nitrogen and oxygen atoms in total. The molecule has 1 N–H and O–H groups in total. The highest BCUT2D eigenvalue weighted by Crippen LogP contribution is 2.15. The highest BCUT2D eigenvalue weighted by atomic mass is 35.5. The quantitative estimate of drug-likeness (QED) is 0.921. The molecule has 118 valence electrons. The number of hydrogen-bond donors (Lipinski definition) is 1. The van der Waals surface area contributed by atoms with E-state index in [4.69, 9.17) is 11.6 Å². The minimum Gasteiger partial charge on any atom is -0.325 e. The number of hydrogen-bond acceptors (Lipinski definition) is 3. The Bertz CT molecular complexity index is 664. The normalized spacial score (nSPS) is 11.0. The van der Waals surface area contributed by atoms with Crippen molar-refractivity contribution in [3.63, 3.8) is 0 Å². The van der Waals surface area contributed by atoms with Gasteiger partial charge in [0, 0.05) is 35.6 Å². The third kappa shape index (κ3) is 4.08. The van der Waals surface area contributed by atoms with E-state index in [1.807, 2.05) is 37.5 Å². The van der Waals surface area contributed by atoms with Gasteiger partial charge in [-0.1, -0.05) is 11.6 Å². The minimum atomic E-state index is -0.0518. The number of rotatable bonds is 5. The summed E-state index contributed by atoms with van der Waals surface area (Å²) in [6, 6.07) is 7.08. The summed E-state index contributed by atoms with van der Waals surface area (Å²) in [5.74, 6) is -0.0518. The number of carbonyl (C=O) groups excluding carboxylic acids is 1. The molecule has 1 heterocycles. The number of amides is 1. The molecule has 0 aliphatic rings. The Labute approximate surface area is 135 Å². The third-order valence-electron chi connectivity index (χ3n) is 3.63. The number of benzene rings is 1. The summed E-state index contributed by atoms with van der Waals surface area (Å²) in [5, 5.41) is 7.91. The van der Waals surface area contributed by atoms with Crippen LogP contribution in [0.1, 0.15) is 17.0 Å². The number of nitrogens with zero attached hydrogens (tertiary/aromatic N) is 3. The van der Waals surface area contributed by atoms with Gasteiger partial charge in [-0.3, -0.25) is 14.4 Å². The molecule has 0 fully saturated rings. The Morgan fingerprint density at radius 2 is 1.95 bits per heavy atom. The van der Waals surface area contributed by atoms with Crippen molar-refractivity contribution in [2.45, 2.75) is 20.4 Å². The molecule has 1 aromatic carbocycles. The molecule has 0 aliphatic heterocycles. The summed E-state index contributed by atoms with van der Waals surface area (Å²) in [5.41, 5.74) is 4.05. The summed E-state index contributed by atoms with van der Waals surface area (Å²) in [6.07, 6.45) is 0. The number of aromatic nitrogens is 2. The molecule has 0 bridgehead atoms. The molecule has 0 spiro atoms. The maximum Gasteiger partial charge on any atom is 0.238 e. The molecule has 0 saturated carbocycles. The first kappa shape index (κ1) is 16.5.